The number of hydrogen-bond acceptors (Lipinski definition) is 1. The van der Waals surface area contributed by atoms with Crippen LogP contribution in [0.15, 0.2) is 24.3 Å². The second-order valence-electron chi connectivity index (χ2n) is 3.95. The van der Waals surface area contributed by atoms with Gasteiger partial charge < -0.3 is 10.6 Å². The van der Waals surface area contributed by atoms with E-state index in [1.54, 1.807) is 12.1 Å². The Kier molecular flexibility index (Phi) is 4.41. The van der Waals surface area contributed by atoms with Crippen LogP contribution in [0.25, 0.3) is 0 Å². The normalized spacial score (nSPS) is 9.62. The van der Waals surface area contributed by atoms with Crippen LogP contribution in [0.1, 0.15) is 19.4 Å². The topological polar surface area (TPSA) is 41.1 Å². The van der Waals surface area contributed by atoms with Gasteiger partial charge in [0.2, 0.25) is 0 Å². The molecule has 0 fully saturated rings. The van der Waals surface area contributed by atoms with Gasteiger partial charge in [-0.05, 0) is 24.1 Å². The number of nitrogens with one attached hydrogen (secondary N) is 2. The van der Waals surface area contributed by atoms with Crippen LogP contribution in [0.2, 0.25) is 0 Å². The Labute approximate surface area is 96.2 Å². The van der Waals surface area contributed by atoms with Gasteiger partial charge >= 0.3 is 6.03 Å². The number of amides is 2. The Morgan fingerprint density at radius 1 is 1.50 bits per heavy atom. The van der Waals surface area contributed by atoms with Crippen molar-refractivity contribution in [1.82, 2.24) is 5.32 Å². The first-order valence-corrected chi connectivity index (χ1v) is 5.23. The van der Waals surface area contributed by atoms with Gasteiger partial charge in [0.05, 0.1) is 0 Å². The summed E-state index contributed by atoms with van der Waals surface area (Å²) >= 11 is 0. The third kappa shape index (κ3) is 4.05. The Balaban J connectivity index is 2.53. The molecule has 84 valence electrons. The van der Waals surface area contributed by atoms with E-state index in [2.05, 4.69) is 16.6 Å². The van der Waals surface area contributed by atoms with Gasteiger partial charge in [0.1, 0.15) is 0 Å². The zero-order chi connectivity index (χ0) is 12.0. The van der Waals surface area contributed by atoms with Gasteiger partial charge in [-0.15, -0.1) is 6.42 Å². The number of rotatable bonds is 3. The molecule has 3 nitrogen and oxygen atoms in total. The van der Waals surface area contributed by atoms with E-state index in [1.807, 2.05) is 26.0 Å². The molecule has 0 unspecified atom stereocenters. The number of hydrogen-bond donors (Lipinski definition) is 2. The van der Waals surface area contributed by atoms with Crippen LogP contribution in [0.5, 0.6) is 0 Å². The number of carbonyl (C=O) groups is 1. The summed E-state index contributed by atoms with van der Waals surface area (Å²) in [5, 5.41) is 5.49. The Morgan fingerprint density at radius 2 is 2.25 bits per heavy atom. The van der Waals surface area contributed by atoms with Crippen LogP contribution in [-0.2, 0) is 0 Å². The molecule has 0 aliphatic heterocycles. The largest absolute Gasteiger partial charge is 0.338 e. The van der Waals surface area contributed by atoms with E-state index in [0.29, 0.717) is 18.2 Å². The first kappa shape index (κ1) is 12.1. The summed E-state index contributed by atoms with van der Waals surface area (Å²) in [6.07, 6.45) is 5.27. The van der Waals surface area contributed by atoms with Crippen molar-refractivity contribution in [3.63, 3.8) is 0 Å². The van der Waals surface area contributed by atoms with Gasteiger partial charge in [-0.3, -0.25) is 0 Å². The minimum atomic E-state index is -0.206. The summed E-state index contributed by atoms with van der Waals surface area (Å²) < 4.78 is 0. The summed E-state index contributed by atoms with van der Waals surface area (Å²) in [4.78, 5) is 11.4. The molecule has 1 aromatic rings. The second kappa shape index (κ2) is 5.82. The molecule has 0 aromatic heterocycles. The average molecular weight is 216 g/mol. The van der Waals surface area contributed by atoms with Crippen LogP contribution in [-0.4, -0.2) is 12.6 Å². The lowest BCUT2D eigenvalue weighted by atomic mass is 10.2. The quantitative estimate of drug-likeness (QED) is 0.749. The predicted molar refractivity (Wildman–Crippen MR) is 66.2 cm³/mol. The maximum atomic E-state index is 11.4. The van der Waals surface area contributed by atoms with Crippen LogP contribution >= 0.6 is 0 Å². The lowest BCUT2D eigenvalue weighted by molar-refractivity contribution is 0.251. The first-order chi connectivity index (χ1) is 7.61. The summed E-state index contributed by atoms with van der Waals surface area (Å²) in [5.74, 6) is 2.95. The van der Waals surface area contributed by atoms with E-state index in [0.717, 1.165) is 5.56 Å². The number of anilines is 1. The molecular weight excluding hydrogens is 200 g/mol. The summed E-state index contributed by atoms with van der Waals surface area (Å²) in [7, 11) is 0. The van der Waals surface area contributed by atoms with Crippen molar-refractivity contribution < 1.29 is 4.79 Å². The van der Waals surface area contributed by atoms with Gasteiger partial charge in [-0.1, -0.05) is 25.8 Å². The van der Waals surface area contributed by atoms with Crippen LogP contribution in [0.4, 0.5) is 10.5 Å². The van der Waals surface area contributed by atoms with Crippen LogP contribution < -0.4 is 10.6 Å². The van der Waals surface area contributed by atoms with Crippen molar-refractivity contribution in [1.29, 1.82) is 0 Å². The van der Waals surface area contributed by atoms with Gasteiger partial charge in [0, 0.05) is 17.8 Å². The summed E-state index contributed by atoms with van der Waals surface area (Å²) in [5.41, 5.74) is 1.46. The number of benzene rings is 1. The van der Waals surface area contributed by atoms with Gasteiger partial charge in [0.25, 0.3) is 0 Å². The zero-order valence-electron chi connectivity index (χ0n) is 9.58. The Morgan fingerprint density at radius 3 is 2.88 bits per heavy atom. The lowest BCUT2D eigenvalue weighted by Crippen LogP contribution is -2.31. The molecule has 2 N–H and O–H groups in total. The maximum Gasteiger partial charge on any atom is 0.319 e. The molecule has 0 spiro atoms. The molecule has 0 aliphatic rings. The highest BCUT2D eigenvalue weighted by molar-refractivity contribution is 5.89. The SMILES string of the molecule is C#Cc1cccc(NC(=O)NCC(C)C)c1. The fraction of sp³-hybridized carbons (Fsp3) is 0.308. The van der Waals surface area contributed by atoms with E-state index >= 15 is 0 Å². The van der Waals surface area contributed by atoms with Gasteiger partial charge in [-0.2, -0.15) is 0 Å². The number of urea groups is 1. The van der Waals surface area contributed by atoms with E-state index in [9.17, 15) is 4.79 Å². The second-order valence-corrected chi connectivity index (χ2v) is 3.95. The third-order valence-corrected chi connectivity index (χ3v) is 1.96. The molecule has 1 rings (SSSR count). The minimum Gasteiger partial charge on any atom is -0.338 e. The monoisotopic (exact) mass is 216 g/mol. The molecule has 0 saturated heterocycles. The van der Waals surface area contributed by atoms with Gasteiger partial charge in [0.15, 0.2) is 0 Å². The van der Waals surface area contributed by atoms with E-state index < -0.39 is 0 Å². The minimum absolute atomic E-state index is 0.206. The van der Waals surface area contributed by atoms with Crippen molar-refractivity contribution in [2.45, 2.75) is 13.8 Å². The van der Waals surface area contributed by atoms with Crippen LogP contribution in [0.3, 0.4) is 0 Å². The highest BCUT2D eigenvalue weighted by atomic mass is 16.2. The van der Waals surface area contributed by atoms with Crippen molar-refractivity contribution in [2.24, 2.45) is 5.92 Å². The molecule has 2 amide bonds. The van der Waals surface area contributed by atoms with E-state index in [4.69, 9.17) is 6.42 Å². The first-order valence-electron chi connectivity index (χ1n) is 5.23. The fourth-order valence-corrected chi connectivity index (χ4v) is 1.16. The molecule has 0 atom stereocenters. The molecule has 0 bridgehead atoms. The highest BCUT2D eigenvalue weighted by Crippen LogP contribution is 2.09. The molecule has 1 aromatic carbocycles. The summed E-state index contributed by atoms with van der Waals surface area (Å²) in [6, 6.07) is 6.98. The molecule has 0 saturated carbocycles. The Hall–Kier alpha value is -1.95. The number of carbonyl (C=O) groups excluding carboxylic acids is 1. The van der Waals surface area contributed by atoms with Crippen molar-refractivity contribution >= 4 is 11.7 Å². The molecule has 16 heavy (non-hydrogen) atoms. The third-order valence-electron chi connectivity index (χ3n) is 1.96. The van der Waals surface area contributed by atoms with Gasteiger partial charge in [-0.25, -0.2) is 4.79 Å². The maximum absolute atomic E-state index is 11.4. The fourth-order valence-electron chi connectivity index (χ4n) is 1.16. The summed E-state index contributed by atoms with van der Waals surface area (Å²) in [6.45, 7) is 4.74. The van der Waals surface area contributed by atoms with Crippen LogP contribution in [0, 0.1) is 18.3 Å². The molecule has 3 heteroatoms. The standard InChI is InChI=1S/C13H16N2O/c1-4-11-6-5-7-12(8-11)15-13(16)14-9-10(2)3/h1,5-8,10H,9H2,2-3H3,(H2,14,15,16). The van der Waals surface area contributed by atoms with Crippen molar-refractivity contribution in [3.8, 4) is 12.3 Å². The molecular formula is C13H16N2O. The average Bonchev–Trinajstić information content (AvgIpc) is 2.26. The predicted octanol–water partition coefficient (Wildman–Crippen LogP) is 2.45. The molecule has 0 aliphatic carbocycles. The molecule has 0 heterocycles. The zero-order valence-corrected chi connectivity index (χ0v) is 9.58. The molecule has 0 radical (unpaired) electrons. The smallest absolute Gasteiger partial charge is 0.319 e. The number of terminal acetylenes is 1. The lowest BCUT2D eigenvalue weighted by Gasteiger charge is -2.09. The van der Waals surface area contributed by atoms with Crippen molar-refractivity contribution in [3.05, 3.63) is 29.8 Å². The van der Waals surface area contributed by atoms with E-state index in [1.165, 1.54) is 0 Å². The Bertz CT molecular complexity index is 405. The van der Waals surface area contributed by atoms with E-state index in [-0.39, 0.29) is 6.03 Å². The van der Waals surface area contributed by atoms with Crippen molar-refractivity contribution in [2.75, 3.05) is 11.9 Å². The highest BCUT2D eigenvalue weighted by Gasteiger charge is 2.02.